The smallest absolute Gasteiger partial charge is 0.269 e. The molecule has 0 heterocycles. The minimum absolute atomic E-state index is 0.0203. The predicted molar refractivity (Wildman–Crippen MR) is 98.3 cm³/mol. The van der Waals surface area contributed by atoms with Gasteiger partial charge in [0.05, 0.1) is 0 Å². The Morgan fingerprint density at radius 1 is 0.958 bits per heavy atom. The lowest BCUT2D eigenvalue weighted by Gasteiger charge is -2.09. The Labute approximate surface area is 149 Å². The molecule has 0 aromatic heterocycles. The molecule has 2 rings (SSSR count). The molecule has 0 aliphatic rings. The molecule has 0 saturated carbocycles. The van der Waals surface area contributed by atoms with Crippen LogP contribution in [0.3, 0.4) is 0 Å². The quantitative estimate of drug-likeness (QED) is 0.447. The van der Waals surface area contributed by atoms with E-state index < -0.39 is 5.91 Å². The van der Waals surface area contributed by atoms with Gasteiger partial charge < -0.3 is 0 Å². The summed E-state index contributed by atoms with van der Waals surface area (Å²) in [5.74, 6) is -0.805. The number of amides is 2. The highest BCUT2D eigenvalue weighted by Crippen LogP contribution is 2.15. The number of carbonyl (C=O) groups is 2. The molecule has 122 valence electrons. The molecule has 0 saturated heterocycles. The van der Waals surface area contributed by atoms with Crippen molar-refractivity contribution in [3.8, 4) is 0 Å². The molecular weight excluding hydrogens is 346 g/mol. The van der Waals surface area contributed by atoms with Crippen LogP contribution in [0.15, 0.2) is 60.7 Å². The van der Waals surface area contributed by atoms with Crippen LogP contribution in [0, 0.1) is 0 Å². The van der Waals surface area contributed by atoms with Crippen molar-refractivity contribution in [1.82, 2.24) is 16.2 Å². The molecule has 5 nitrogen and oxygen atoms in total. The third kappa shape index (κ3) is 5.49. The van der Waals surface area contributed by atoms with Crippen LogP contribution in [0.1, 0.15) is 15.9 Å². The average Bonchev–Trinajstić information content (AvgIpc) is 2.59. The van der Waals surface area contributed by atoms with Gasteiger partial charge >= 0.3 is 0 Å². The third-order valence-corrected chi connectivity index (χ3v) is 3.43. The Balaban J connectivity index is 1.81. The van der Waals surface area contributed by atoms with E-state index in [9.17, 15) is 9.59 Å². The lowest BCUT2D eigenvalue weighted by molar-refractivity contribution is -0.115. The van der Waals surface area contributed by atoms with Gasteiger partial charge in [-0.3, -0.25) is 25.8 Å². The third-order valence-electron chi connectivity index (χ3n) is 2.88. The number of hydrogen-bond acceptors (Lipinski definition) is 3. The van der Waals surface area contributed by atoms with E-state index in [1.165, 1.54) is 6.08 Å². The topological polar surface area (TPSA) is 70.2 Å². The molecule has 0 aliphatic carbocycles. The van der Waals surface area contributed by atoms with Crippen molar-refractivity contribution in [2.75, 3.05) is 0 Å². The van der Waals surface area contributed by atoms with Crippen LogP contribution < -0.4 is 16.2 Å². The van der Waals surface area contributed by atoms with Gasteiger partial charge in [-0.05, 0) is 42.1 Å². The predicted octanol–water partition coefficient (Wildman–Crippen LogP) is 2.69. The van der Waals surface area contributed by atoms with Crippen LogP contribution in [0.25, 0.3) is 6.08 Å². The number of benzene rings is 2. The molecule has 0 bridgehead atoms. The Morgan fingerprint density at radius 3 is 2.33 bits per heavy atom. The van der Waals surface area contributed by atoms with Gasteiger partial charge in [0.1, 0.15) is 0 Å². The van der Waals surface area contributed by atoms with E-state index in [0.29, 0.717) is 16.1 Å². The first kappa shape index (κ1) is 17.7. The number of halogens is 1. The largest absolute Gasteiger partial charge is 0.298 e. The standard InChI is InChI=1S/C17H14ClN3O2S/c18-14-9-5-4-6-12(14)10-11-15(22)19-17(24)21-20-16(23)13-7-2-1-3-8-13/h1-11H,(H,20,23)(H2,19,21,22,24)/b11-10+. The van der Waals surface area contributed by atoms with Crippen molar-refractivity contribution >= 4 is 46.8 Å². The normalized spacial score (nSPS) is 10.2. The van der Waals surface area contributed by atoms with Gasteiger partial charge in [0, 0.05) is 16.7 Å². The molecule has 3 N–H and O–H groups in total. The van der Waals surface area contributed by atoms with E-state index in [0.717, 1.165) is 0 Å². The van der Waals surface area contributed by atoms with E-state index in [1.807, 2.05) is 6.07 Å². The molecule has 2 aromatic rings. The van der Waals surface area contributed by atoms with Crippen LogP contribution in [-0.2, 0) is 4.79 Å². The summed E-state index contributed by atoms with van der Waals surface area (Å²) in [7, 11) is 0. The van der Waals surface area contributed by atoms with Crippen molar-refractivity contribution < 1.29 is 9.59 Å². The zero-order valence-corrected chi connectivity index (χ0v) is 14.0. The Bertz CT molecular complexity index is 778. The first-order valence-electron chi connectivity index (χ1n) is 6.95. The maximum absolute atomic E-state index is 11.8. The van der Waals surface area contributed by atoms with Crippen LogP contribution >= 0.6 is 23.8 Å². The molecule has 2 aromatic carbocycles. The second-order valence-electron chi connectivity index (χ2n) is 4.62. The molecule has 2 amide bonds. The maximum Gasteiger partial charge on any atom is 0.269 e. The van der Waals surface area contributed by atoms with Gasteiger partial charge in [-0.2, -0.15) is 0 Å². The van der Waals surface area contributed by atoms with E-state index >= 15 is 0 Å². The van der Waals surface area contributed by atoms with Gasteiger partial charge in [0.25, 0.3) is 5.91 Å². The minimum Gasteiger partial charge on any atom is -0.298 e. The Kier molecular flexibility index (Phi) is 6.48. The van der Waals surface area contributed by atoms with Gasteiger partial charge in [-0.15, -0.1) is 0 Å². The Morgan fingerprint density at radius 2 is 1.62 bits per heavy atom. The molecular formula is C17H14ClN3O2S. The van der Waals surface area contributed by atoms with Crippen molar-refractivity contribution in [3.05, 3.63) is 76.8 Å². The van der Waals surface area contributed by atoms with Gasteiger partial charge in [-0.25, -0.2) is 0 Å². The number of hydrazine groups is 1. The summed E-state index contributed by atoms with van der Waals surface area (Å²) in [5, 5.41) is 2.93. The zero-order chi connectivity index (χ0) is 17.4. The molecule has 24 heavy (non-hydrogen) atoms. The molecule has 0 aliphatic heterocycles. The van der Waals surface area contributed by atoms with Crippen LogP contribution in [0.4, 0.5) is 0 Å². The summed E-state index contributed by atoms with van der Waals surface area (Å²) in [6, 6.07) is 15.7. The Hall–Kier alpha value is -2.70. The number of carbonyl (C=O) groups excluding carboxylic acids is 2. The zero-order valence-electron chi connectivity index (χ0n) is 12.5. The van der Waals surface area contributed by atoms with Crippen LogP contribution in [-0.4, -0.2) is 16.9 Å². The van der Waals surface area contributed by atoms with E-state index in [4.69, 9.17) is 23.8 Å². The fourth-order valence-corrected chi connectivity index (χ4v) is 2.09. The average molecular weight is 360 g/mol. The van der Waals surface area contributed by atoms with E-state index in [2.05, 4.69) is 16.2 Å². The van der Waals surface area contributed by atoms with Crippen molar-refractivity contribution in [1.29, 1.82) is 0 Å². The lowest BCUT2D eigenvalue weighted by Crippen LogP contribution is -2.48. The number of hydrogen-bond donors (Lipinski definition) is 3. The van der Waals surface area contributed by atoms with Crippen molar-refractivity contribution in [2.24, 2.45) is 0 Å². The first-order valence-corrected chi connectivity index (χ1v) is 7.74. The minimum atomic E-state index is -0.443. The van der Waals surface area contributed by atoms with Crippen molar-refractivity contribution in [2.45, 2.75) is 0 Å². The van der Waals surface area contributed by atoms with Gasteiger partial charge in [-0.1, -0.05) is 48.0 Å². The molecule has 0 fully saturated rings. The summed E-state index contributed by atoms with van der Waals surface area (Å²) >= 11 is 10.9. The van der Waals surface area contributed by atoms with E-state index in [-0.39, 0.29) is 11.0 Å². The fraction of sp³-hybridized carbons (Fsp3) is 0. The molecule has 0 spiro atoms. The highest BCUT2D eigenvalue weighted by Gasteiger charge is 2.05. The van der Waals surface area contributed by atoms with Crippen molar-refractivity contribution in [3.63, 3.8) is 0 Å². The summed E-state index contributed by atoms with van der Waals surface area (Å²) in [6.07, 6.45) is 2.87. The van der Waals surface area contributed by atoms with Gasteiger partial charge in [0.15, 0.2) is 5.11 Å². The number of nitrogens with one attached hydrogen (secondary N) is 3. The lowest BCUT2D eigenvalue weighted by atomic mass is 10.2. The van der Waals surface area contributed by atoms with Crippen LogP contribution in [0.2, 0.25) is 5.02 Å². The van der Waals surface area contributed by atoms with Gasteiger partial charge in [0.2, 0.25) is 5.91 Å². The van der Waals surface area contributed by atoms with E-state index in [1.54, 1.807) is 54.6 Å². The first-order chi connectivity index (χ1) is 11.6. The molecule has 0 atom stereocenters. The summed E-state index contributed by atoms with van der Waals surface area (Å²) < 4.78 is 0. The summed E-state index contributed by atoms with van der Waals surface area (Å²) in [5.41, 5.74) is 6.04. The second-order valence-corrected chi connectivity index (χ2v) is 5.43. The number of thiocarbonyl (C=S) groups is 1. The monoisotopic (exact) mass is 359 g/mol. The molecule has 0 radical (unpaired) electrons. The maximum atomic E-state index is 11.8. The highest BCUT2D eigenvalue weighted by atomic mass is 35.5. The van der Waals surface area contributed by atoms with Crippen LogP contribution in [0.5, 0.6) is 0 Å². The SMILES string of the molecule is O=C(/C=C/c1ccccc1Cl)NC(=S)NNC(=O)c1ccccc1. The fourth-order valence-electron chi connectivity index (χ4n) is 1.74. The second kappa shape index (κ2) is 8.81. The summed E-state index contributed by atoms with van der Waals surface area (Å²) in [4.78, 5) is 23.6. The number of rotatable bonds is 3. The molecule has 0 unspecified atom stereocenters. The summed E-state index contributed by atoms with van der Waals surface area (Å²) in [6.45, 7) is 0. The highest BCUT2D eigenvalue weighted by molar-refractivity contribution is 7.80. The molecule has 7 heteroatoms.